The van der Waals surface area contributed by atoms with E-state index in [1.54, 1.807) is 0 Å². The molecule has 5 aliphatic rings. The first-order valence-electron chi connectivity index (χ1n) is 9.84. The van der Waals surface area contributed by atoms with Crippen LogP contribution in [0.5, 0.6) is 0 Å². The summed E-state index contributed by atoms with van der Waals surface area (Å²) in [6.07, 6.45) is 7.17. The average Bonchev–Trinajstić information content (AvgIpc) is 3.41. The Labute approximate surface area is 164 Å². The van der Waals surface area contributed by atoms with Crippen LogP contribution in [0.4, 0.5) is 0 Å². The van der Waals surface area contributed by atoms with E-state index in [9.17, 15) is 4.79 Å². The topological polar surface area (TPSA) is 54.0 Å². The molecule has 1 aliphatic carbocycles. The Hall–Kier alpha value is 0.735. The molecule has 0 aromatic heterocycles. The van der Waals surface area contributed by atoms with Gasteiger partial charge in [-0.25, -0.2) is 0 Å². The minimum absolute atomic E-state index is 0.164. The van der Waals surface area contributed by atoms with Gasteiger partial charge in [0.2, 0.25) is 0 Å². The molecule has 0 bridgehead atoms. The molecule has 0 aromatic carbocycles. The number of ether oxygens (including phenoxy) is 4. The summed E-state index contributed by atoms with van der Waals surface area (Å²) in [5.74, 6) is 0.201. The number of fused-ring (bicyclic) bond motifs is 3. The van der Waals surface area contributed by atoms with Crippen molar-refractivity contribution in [1.82, 2.24) is 0 Å². The van der Waals surface area contributed by atoms with Gasteiger partial charge >= 0.3 is 165 Å². The predicted octanol–water partition coefficient (Wildman–Crippen LogP) is 2.79. The van der Waals surface area contributed by atoms with Crippen LogP contribution in [0.25, 0.3) is 0 Å². The Morgan fingerprint density at radius 1 is 0.800 bits per heavy atom. The van der Waals surface area contributed by atoms with Crippen molar-refractivity contribution >= 4 is 14.0 Å². The summed E-state index contributed by atoms with van der Waals surface area (Å²) in [5.41, 5.74) is -2.67. The van der Waals surface area contributed by atoms with Gasteiger partial charge in [0.05, 0.1) is 0 Å². The molecule has 4 spiro atoms. The molecule has 25 heavy (non-hydrogen) atoms. The fraction of sp³-hybridized carbons (Fsp3) is 0.944. The molecule has 136 valence electrons. The quantitative estimate of drug-likeness (QED) is 0.465. The minimum atomic E-state index is -1.99. The van der Waals surface area contributed by atoms with E-state index in [1.165, 1.54) is 0 Å². The van der Waals surface area contributed by atoms with E-state index in [1.807, 2.05) is 0 Å². The van der Waals surface area contributed by atoms with Crippen molar-refractivity contribution in [3.05, 3.63) is 0 Å². The van der Waals surface area contributed by atoms with Crippen LogP contribution in [0.2, 0.25) is 3.43 Å². The van der Waals surface area contributed by atoms with Crippen molar-refractivity contribution in [2.45, 2.75) is 77.2 Å². The van der Waals surface area contributed by atoms with Gasteiger partial charge in [-0.1, -0.05) is 0 Å². The van der Waals surface area contributed by atoms with Crippen molar-refractivity contribution in [1.29, 1.82) is 0 Å². The molecule has 4 heterocycles. The van der Waals surface area contributed by atoms with E-state index in [2.05, 4.69) is 0 Å². The van der Waals surface area contributed by atoms with Gasteiger partial charge < -0.3 is 0 Å². The molecule has 5 atom stereocenters. The Morgan fingerprint density at radius 3 is 1.92 bits per heavy atom. The zero-order valence-corrected chi connectivity index (χ0v) is 20.9. The molecule has 4 aliphatic heterocycles. The maximum absolute atomic E-state index is 13.9. The van der Waals surface area contributed by atoms with Crippen LogP contribution in [0.3, 0.4) is 0 Å². The van der Waals surface area contributed by atoms with Gasteiger partial charge in [-0.3, -0.25) is 0 Å². The van der Waals surface area contributed by atoms with Crippen molar-refractivity contribution in [3.63, 3.8) is 0 Å². The first kappa shape index (κ1) is 17.8. The molecule has 7 heteroatoms. The van der Waals surface area contributed by atoms with E-state index in [-0.39, 0.29) is 9.21 Å². The number of carbonyl (C=O) groups is 1. The van der Waals surface area contributed by atoms with Crippen LogP contribution < -0.4 is 0 Å². The Morgan fingerprint density at radius 2 is 1.40 bits per heavy atom. The molecular formula is C18H25ClHgO5. The second-order valence-electron chi connectivity index (χ2n) is 8.25. The molecule has 0 amide bonds. The summed E-state index contributed by atoms with van der Waals surface area (Å²) >= 11 is -1.99. The Kier molecular flexibility index (Phi) is 4.36. The molecule has 0 unspecified atom stereocenters. The van der Waals surface area contributed by atoms with Gasteiger partial charge in [-0.2, -0.15) is 0 Å². The van der Waals surface area contributed by atoms with Crippen molar-refractivity contribution < 1.29 is 47.1 Å². The van der Waals surface area contributed by atoms with Crippen molar-refractivity contribution in [3.8, 4) is 0 Å². The molecule has 5 nitrogen and oxygen atoms in total. The van der Waals surface area contributed by atoms with E-state index >= 15 is 0 Å². The van der Waals surface area contributed by atoms with Gasteiger partial charge in [0.15, 0.2) is 0 Å². The Balaban J connectivity index is 1.77. The Bertz CT molecular complexity index is 558. The number of halogens is 1. The van der Waals surface area contributed by atoms with E-state index in [4.69, 9.17) is 27.2 Å². The van der Waals surface area contributed by atoms with Crippen molar-refractivity contribution in [2.75, 3.05) is 26.4 Å². The summed E-state index contributed by atoms with van der Waals surface area (Å²) in [5, 5.41) is 0. The third-order valence-corrected chi connectivity index (χ3v) is 15.4. The third kappa shape index (κ3) is 1.91. The van der Waals surface area contributed by atoms with Crippen LogP contribution in [0.15, 0.2) is 0 Å². The van der Waals surface area contributed by atoms with Gasteiger partial charge in [-0.15, -0.1) is 0 Å². The monoisotopic (exact) mass is 558 g/mol. The van der Waals surface area contributed by atoms with E-state index < -0.39 is 45.7 Å². The van der Waals surface area contributed by atoms with Gasteiger partial charge in [0.1, 0.15) is 0 Å². The van der Waals surface area contributed by atoms with Gasteiger partial charge in [0.25, 0.3) is 0 Å². The van der Waals surface area contributed by atoms with E-state index in [0.717, 1.165) is 51.4 Å². The molecule has 4 saturated heterocycles. The normalized spacial score (nSPS) is 52.2. The molecule has 0 radical (unpaired) electrons. The summed E-state index contributed by atoms with van der Waals surface area (Å²) in [7, 11) is 6.63. The van der Waals surface area contributed by atoms with Crippen LogP contribution in [0.1, 0.15) is 51.4 Å². The summed E-state index contributed by atoms with van der Waals surface area (Å²) in [4.78, 5) is 13.9. The number of ketones is 1. The standard InChI is InChI=1S/C18H25O5.ClH.Hg/c19-14-13-15(5-1-9-20-15)17(7-3-11-22-17)18(8-4-12-23-18)16(14)6-2-10-21-16;;/h13H,1-12H2;1H;/q;;+1/p-1/t15-,16-,17+,18-;;/m1../s1. The van der Waals surface area contributed by atoms with Crippen LogP contribution in [0, 0.1) is 0 Å². The molecule has 0 aromatic rings. The second kappa shape index (κ2) is 6.12. The fourth-order valence-corrected chi connectivity index (χ4v) is 15.6. The first-order valence-corrected chi connectivity index (χ1v) is 19.8. The summed E-state index contributed by atoms with van der Waals surface area (Å²) in [6.45, 7) is 2.72. The average molecular weight is 557 g/mol. The zero-order chi connectivity index (χ0) is 17.2. The van der Waals surface area contributed by atoms with Crippen LogP contribution in [-0.2, 0) is 47.1 Å². The number of hydrogen-bond donors (Lipinski definition) is 0. The molecule has 5 fully saturated rings. The molecule has 0 N–H and O–H groups in total. The summed E-state index contributed by atoms with van der Waals surface area (Å²) < 4.78 is 25.8. The third-order valence-electron chi connectivity index (χ3n) is 7.54. The molecular weight excluding hydrogens is 532 g/mol. The summed E-state index contributed by atoms with van der Waals surface area (Å²) in [6, 6.07) is 0. The maximum atomic E-state index is 13.9. The molecule has 1 saturated carbocycles. The van der Waals surface area contributed by atoms with Crippen molar-refractivity contribution in [2.24, 2.45) is 0 Å². The number of rotatable bonds is 1. The second-order valence-corrected chi connectivity index (χ2v) is 15.3. The fourth-order valence-electron chi connectivity index (χ4n) is 6.81. The van der Waals surface area contributed by atoms with Gasteiger partial charge in [-0.05, 0) is 0 Å². The number of hydrogen-bond acceptors (Lipinski definition) is 5. The molecule has 5 rings (SSSR count). The van der Waals surface area contributed by atoms with E-state index in [0.29, 0.717) is 26.4 Å². The van der Waals surface area contributed by atoms with Gasteiger partial charge in [0, 0.05) is 0 Å². The predicted molar refractivity (Wildman–Crippen MR) is 86.3 cm³/mol. The zero-order valence-electron chi connectivity index (χ0n) is 14.7. The van der Waals surface area contributed by atoms with Crippen LogP contribution >= 0.6 is 8.25 Å². The van der Waals surface area contributed by atoms with Crippen LogP contribution in [-0.4, -0.2) is 54.6 Å². The SMILES string of the molecule is O=C1[C@H]([Hg][Cl])[C@]2(CCCO2)[C@@]2(CCCO2)[C@@]2(CCCO2)[C@@]12CCCO2. The number of Topliss-reactive ketones (excluding diaryl/α,β-unsaturated/α-hetero) is 1. The number of carbonyl (C=O) groups excluding carboxylic acids is 1. The first-order chi connectivity index (χ1) is 12.2.